The molecule has 0 aromatic carbocycles. The van der Waals surface area contributed by atoms with Gasteiger partial charge in [-0.15, -0.1) is 4.31 Å². The van der Waals surface area contributed by atoms with E-state index in [0.717, 1.165) is 10.6 Å². The van der Waals surface area contributed by atoms with Crippen LogP contribution in [0.3, 0.4) is 0 Å². The van der Waals surface area contributed by atoms with Gasteiger partial charge in [0.1, 0.15) is 6.26 Å². The van der Waals surface area contributed by atoms with Crippen molar-refractivity contribution in [1.29, 1.82) is 0 Å². The number of halogens is 3. The van der Waals surface area contributed by atoms with E-state index in [1.807, 2.05) is 0 Å². The highest BCUT2D eigenvalue weighted by Gasteiger charge is 2.38. The van der Waals surface area contributed by atoms with Crippen molar-refractivity contribution in [2.45, 2.75) is 6.18 Å². The summed E-state index contributed by atoms with van der Waals surface area (Å²) in [5, 5.41) is 8.81. The predicted molar refractivity (Wildman–Crippen MR) is 44.4 cm³/mol. The van der Waals surface area contributed by atoms with Crippen LogP contribution in [0, 0.1) is 0 Å². The molecule has 3 nitrogen and oxygen atoms in total. The Morgan fingerprint density at radius 3 is 2.08 bits per heavy atom. The van der Waals surface area contributed by atoms with E-state index >= 15 is 0 Å². The minimum Gasteiger partial charge on any atom is -0.501 e. The van der Waals surface area contributed by atoms with E-state index < -0.39 is 22.1 Å². The van der Waals surface area contributed by atoms with E-state index in [9.17, 15) is 17.4 Å². The molecule has 1 atom stereocenters. The molecule has 0 spiro atoms. The molecule has 1 unspecified atom stereocenters. The molecule has 0 saturated heterocycles. The normalized spacial score (nSPS) is 18.8. The third kappa shape index (κ3) is 3.77. The van der Waals surface area contributed by atoms with E-state index in [-0.39, 0.29) is 0 Å². The first-order valence-electron chi connectivity index (χ1n) is 3.22. The molecule has 78 valence electrons. The second-order valence-corrected chi connectivity index (χ2v) is 5.36. The van der Waals surface area contributed by atoms with Crippen LogP contribution in [0.1, 0.15) is 0 Å². The van der Waals surface area contributed by atoms with Gasteiger partial charge in [-0.2, -0.15) is 13.2 Å². The molecule has 0 heterocycles. The monoisotopic (exact) mass is 218 g/mol. The maximum absolute atomic E-state index is 11.8. The molecular weight excluding hydrogens is 207 g/mol. The van der Waals surface area contributed by atoms with Gasteiger partial charge in [-0.05, 0) is 0 Å². The molecule has 1 N–H and O–H groups in total. The number of hydrogen-bond acceptors (Lipinski definition) is 2. The molecule has 0 aromatic heterocycles. The van der Waals surface area contributed by atoms with Crippen LogP contribution in [0.25, 0.3) is 0 Å². The fourth-order valence-electron chi connectivity index (χ4n) is 0.379. The lowest BCUT2D eigenvalue weighted by Gasteiger charge is -2.10. The highest BCUT2D eigenvalue weighted by molar-refractivity contribution is 8.02. The summed E-state index contributed by atoms with van der Waals surface area (Å²) < 4.78 is 47.8. The summed E-state index contributed by atoms with van der Waals surface area (Å²) >= 11 is 0. The van der Waals surface area contributed by atoms with E-state index in [1.54, 1.807) is 0 Å². The summed E-state index contributed by atoms with van der Waals surface area (Å²) in [6.45, 7) is 0. The number of nitrogens with zero attached hydrogens (tertiary/aromatic N) is 1. The van der Waals surface area contributed by atoms with Gasteiger partial charge in [0, 0.05) is 14.1 Å². The third-order valence-electron chi connectivity index (χ3n) is 1.35. The van der Waals surface area contributed by atoms with Gasteiger partial charge in [0.15, 0.2) is 15.5 Å². The molecule has 0 bridgehead atoms. The molecule has 0 radical (unpaired) electrons. The minimum absolute atomic E-state index is 0.312. The highest BCUT2D eigenvalue weighted by Crippen LogP contribution is 2.25. The Morgan fingerprint density at radius 2 is 1.85 bits per heavy atom. The number of allylic oxidation sites excluding steroid dienone is 1. The summed E-state index contributed by atoms with van der Waals surface area (Å²) in [5.74, 6) is -1.83. The first-order valence-corrected chi connectivity index (χ1v) is 5.20. The van der Waals surface area contributed by atoms with E-state index in [2.05, 4.69) is 0 Å². The molecule has 0 fully saturated rings. The van der Waals surface area contributed by atoms with Crippen LogP contribution in [0.5, 0.6) is 0 Å². The molecule has 0 saturated carbocycles. The van der Waals surface area contributed by atoms with Gasteiger partial charge in [-0.1, -0.05) is 4.21 Å². The lowest BCUT2D eigenvalue weighted by molar-refractivity contribution is -0.120. The standard InChI is InChI=1S/C6H10F3NO2S/c1-10(2)13(3,12)4-5(11)6(7,8)9/h4H,1-3H3/p+1. The lowest BCUT2D eigenvalue weighted by atomic mass is 10.6. The van der Waals surface area contributed by atoms with Crippen LogP contribution in [-0.4, -0.2) is 35.9 Å². The molecule has 0 aliphatic heterocycles. The quantitative estimate of drug-likeness (QED) is 0.564. The zero-order chi connectivity index (χ0) is 10.9. The average Bonchev–Trinajstić information content (AvgIpc) is 1.83. The molecule has 13 heavy (non-hydrogen) atoms. The van der Waals surface area contributed by atoms with E-state index in [1.165, 1.54) is 14.1 Å². The van der Waals surface area contributed by atoms with Gasteiger partial charge in [0.2, 0.25) is 5.76 Å². The Balaban J connectivity index is 4.87. The lowest BCUT2D eigenvalue weighted by Crippen LogP contribution is -2.27. The maximum Gasteiger partial charge on any atom is 0.453 e. The SMILES string of the molecule is CN(C)[S+](C)(=O)/C=C(\O)C(F)(F)F. The van der Waals surface area contributed by atoms with Crippen LogP contribution in [-0.2, 0) is 14.3 Å². The van der Waals surface area contributed by atoms with Crippen molar-refractivity contribution in [3.8, 4) is 0 Å². The Bertz CT molecular complexity index is 259. The highest BCUT2D eigenvalue weighted by atomic mass is 32.3. The Hall–Kier alpha value is -0.560. The Labute approximate surface area is 75.4 Å². The Morgan fingerprint density at radius 1 is 1.46 bits per heavy atom. The van der Waals surface area contributed by atoms with Crippen molar-refractivity contribution in [1.82, 2.24) is 4.31 Å². The van der Waals surface area contributed by atoms with E-state index in [0.29, 0.717) is 5.41 Å². The molecule has 0 amide bonds. The number of hydrogen-bond donors (Lipinski definition) is 1. The van der Waals surface area contributed by atoms with Gasteiger partial charge in [0.05, 0.1) is 0 Å². The second kappa shape index (κ2) is 3.67. The van der Waals surface area contributed by atoms with Crippen LogP contribution in [0.4, 0.5) is 13.2 Å². The molecule has 0 aromatic rings. The van der Waals surface area contributed by atoms with Gasteiger partial charge in [-0.3, -0.25) is 0 Å². The van der Waals surface area contributed by atoms with Crippen molar-refractivity contribution in [3.05, 3.63) is 11.2 Å². The molecule has 0 aliphatic carbocycles. The van der Waals surface area contributed by atoms with Gasteiger partial charge >= 0.3 is 6.18 Å². The molecule has 7 heteroatoms. The van der Waals surface area contributed by atoms with Crippen molar-refractivity contribution in [3.63, 3.8) is 0 Å². The van der Waals surface area contributed by atoms with Crippen LogP contribution < -0.4 is 0 Å². The van der Waals surface area contributed by atoms with Crippen molar-refractivity contribution >= 4 is 10.1 Å². The summed E-state index contributed by atoms with van der Waals surface area (Å²) in [5.41, 5.74) is 0. The fourth-order valence-corrected chi connectivity index (χ4v) is 1.14. The summed E-state index contributed by atoms with van der Waals surface area (Å²) in [4.78, 5) is 0. The van der Waals surface area contributed by atoms with E-state index in [4.69, 9.17) is 5.11 Å². The van der Waals surface area contributed by atoms with Crippen LogP contribution >= 0.6 is 0 Å². The smallest absolute Gasteiger partial charge is 0.453 e. The first-order chi connectivity index (χ1) is 5.57. The molecular formula is C6H11F3NO2S+. The zero-order valence-corrected chi connectivity index (χ0v) is 8.24. The number of aliphatic hydroxyl groups is 1. The van der Waals surface area contributed by atoms with Crippen molar-refractivity contribution in [2.75, 3.05) is 20.4 Å². The Kier molecular flexibility index (Phi) is 3.51. The van der Waals surface area contributed by atoms with Gasteiger partial charge < -0.3 is 5.11 Å². The van der Waals surface area contributed by atoms with Crippen LogP contribution in [0.2, 0.25) is 0 Å². The zero-order valence-electron chi connectivity index (χ0n) is 7.42. The van der Waals surface area contributed by atoms with Gasteiger partial charge in [-0.25, -0.2) is 0 Å². The third-order valence-corrected chi connectivity index (χ3v) is 3.46. The number of aliphatic hydroxyl groups excluding tert-OH is 1. The topological polar surface area (TPSA) is 40.5 Å². The molecule has 0 aliphatic rings. The second-order valence-electron chi connectivity index (χ2n) is 2.67. The van der Waals surface area contributed by atoms with Crippen molar-refractivity contribution in [2.24, 2.45) is 0 Å². The van der Waals surface area contributed by atoms with Gasteiger partial charge in [0.25, 0.3) is 0 Å². The number of rotatable bonds is 2. The maximum atomic E-state index is 11.8. The minimum atomic E-state index is -4.84. The predicted octanol–water partition coefficient (Wildman–Crippen LogP) is 1.55. The first kappa shape index (κ1) is 12.4. The largest absolute Gasteiger partial charge is 0.501 e. The summed E-state index contributed by atoms with van der Waals surface area (Å²) in [7, 11) is -0.202. The number of alkyl halides is 3. The molecule has 0 rings (SSSR count). The van der Waals surface area contributed by atoms with Crippen LogP contribution in [0.15, 0.2) is 11.2 Å². The van der Waals surface area contributed by atoms with Crippen molar-refractivity contribution < 1.29 is 22.5 Å². The fraction of sp³-hybridized carbons (Fsp3) is 0.667. The summed E-state index contributed by atoms with van der Waals surface area (Å²) in [6.07, 6.45) is -3.73. The summed E-state index contributed by atoms with van der Waals surface area (Å²) in [6, 6.07) is 0. The average molecular weight is 218 g/mol.